The van der Waals surface area contributed by atoms with E-state index in [0.717, 1.165) is 40.8 Å². The number of anilines is 2. The minimum absolute atomic E-state index is 0.0738. The highest BCUT2D eigenvalue weighted by Crippen LogP contribution is 2.45. The molecule has 35 heavy (non-hydrogen) atoms. The fourth-order valence-electron chi connectivity index (χ4n) is 5.06. The Balaban J connectivity index is 1.55. The van der Waals surface area contributed by atoms with Crippen LogP contribution in [0.3, 0.4) is 0 Å². The van der Waals surface area contributed by atoms with Crippen LogP contribution < -0.4 is 10.2 Å². The van der Waals surface area contributed by atoms with Crippen LogP contribution in [0.5, 0.6) is 0 Å². The molecule has 1 atom stereocenters. The molecule has 2 aromatic rings. The van der Waals surface area contributed by atoms with Gasteiger partial charge in [0.2, 0.25) is 5.91 Å². The van der Waals surface area contributed by atoms with Gasteiger partial charge in [0.25, 0.3) is 11.1 Å². The molecule has 0 saturated carbocycles. The Morgan fingerprint density at radius 1 is 1.23 bits per heavy atom. The zero-order valence-electron chi connectivity index (χ0n) is 20.6. The largest absolute Gasteiger partial charge is 0.366 e. The van der Waals surface area contributed by atoms with Crippen LogP contribution in [-0.4, -0.2) is 40.6 Å². The summed E-state index contributed by atoms with van der Waals surface area (Å²) in [7, 11) is 0. The average molecular weight is 512 g/mol. The first-order valence-electron chi connectivity index (χ1n) is 11.7. The topological polar surface area (TPSA) is 69.7 Å². The van der Waals surface area contributed by atoms with Crippen molar-refractivity contribution in [3.05, 3.63) is 63.0 Å². The van der Waals surface area contributed by atoms with E-state index in [1.807, 2.05) is 6.92 Å². The number of rotatable bonds is 5. The lowest BCUT2D eigenvalue weighted by Crippen LogP contribution is -2.48. The van der Waals surface area contributed by atoms with Crippen molar-refractivity contribution in [2.75, 3.05) is 23.3 Å². The molecule has 0 bridgehead atoms. The molecule has 1 saturated heterocycles. The summed E-state index contributed by atoms with van der Waals surface area (Å²) in [6, 6.07) is 11.0. The maximum atomic E-state index is 13.0. The molecule has 2 aliphatic heterocycles. The van der Waals surface area contributed by atoms with E-state index in [0.29, 0.717) is 21.5 Å². The zero-order chi connectivity index (χ0) is 25.5. The van der Waals surface area contributed by atoms with Crippen LogP contribution >= 0.6 is 23.4 Å². The number of hydrogen-bond donors (Lipinski definition) is 1. The summed E-state index contributed by atoms with van der Waals surface area (Å²) >= 11 is 6.74. The third-order valence-corrected chi connectivity index (χ3v) is 7.84. The standard InChI is InChI=1S/C27H30ClN3O3S/c1-6-31-22-11-16(2)18(12-21(22)17(3)14-27(31,4)5)13-23-25(33)30(26(34)35-23)15-24(32)29-20-9-7-19(28)8-10-20/h7-13,17H,6,14-15H2,1-5H3,(H,29,32)/b23-13-/t17-/m1/s1. The van der Waals surface area contributed by atoms with Crippen LogP contribution in [0.25, 0.3) is 6.08 Å². The molecular weight excluding hydrogens is 482 g/mol. The van der Waals surface area contributed by atoms with Gasteiger partial charge in [-0.1, -0.05) is 18.5 Å². The molecule has 2 aliphatic rings. The predicted molar refractivity (Wildman–Crippen MR) is 144 cm³/mol. The van der Waals surface area contributed by atoms with Crippen molar-refractivity contribution in [2.24, 2.45) is 0 Å². The highest BCUT2D eigenvalue weighted by atomic mass is 35.5. The van der Waals surface area contributed by atoms with Gasteiger partial charge in [-0.3, -0.25) is 19.3 Å². The van der Waals surface area contributed by atoms with Crippen molar-refractivity contribution in [2.45, 2.75) is 52.5 Å². The molecule has 0 aliphatic carbocycles. The third kappa shape index (κ3) is 5.11. The van der Waals surface area contributed by atoms with E-state index in [1.54, 1.807) is 30.3 Å². The fraction of sp³-hybridized carbons (Fsp3) is 0.370. The highest BCUT2D eigenvalue weighted by molar-refractivity contribution is 8.18. The van der Waals surface area contributed by atoms with Gasteiger partial charge in [0, 0.05) is 28.5 Å². The number of nitrogens with zero attached hydrogens (tertiary/aromatic N) is 2. The van der Waals surface area contributed by atoms with Gasteiger partial charge >= 0.3 is 0 Å². The number of fused-ring (bicyclic) bond motifs is 1. The first kappa shape index (κ1) is 25.3. The quantitative estimate of drug-likeness (QED) is 0.468. The van der Waals surface area contributed by atoms with E-state index in [9.17, 15) is 14.4 Å². The Labute approximate surface area is 215 Å². The van der Waals surface area contributed by atoms with Crippen LogP contribution in [0.2, 0.25) is 5.02 Å². The van der Waals surface area contributed by atoms with Crippen molar-refractivity contribution in [1.82, 2.24) is 4.90 Å². The van der Waals surface area contributed by atoms with Crippen LogP contribution in [0, 0.1) is 6.92 Å². The molecule has 184 valence electrons. The molecule has 6 nitrogen and oxygen atoms in total. The SMILES string of the molecule is CCN1c2cc(C)c(/C=C3\SC(=O)N(CC(=O)Nc4ccc(Cl)cc4)C3=O)cc2[C@H](C)CC1(C)C. The number of halogens is 1. The van der Waals surface area contributed by atoms with E-state index in [4.69, 9.17) is 11.6 Å². The van der Waals surface area contributed by atoms with Crippen LogP contribution in [0.4, 0.5) is 16.2 Å². The first-order chi connectivity index (χ1) is 16.5. The number of carbonyl (C=O) groups is 3. The highest BCUT2D eigenvalue weighted by Gasteiger charge is 2.38. The number of hydrogen-bond acceptors (Lipinski definition) is 5. The van der Waals surface area contributed by atoms with E-state index < -0.39 is 17.1 Å². The molecule has 3 amide bonds. The van der Waals surface area contributed by atoms with Crippen LogP contribution in [-0.2, 0) is 9.59 Å². The molecule has 2 aromatic carbocycles. The molecule has 0 aromatic heterocycles. The molecule has 4 rings (SSSR count). The second-order valence-corrected chi connectivity index (χ2v) is 11.2. The summed E-state index contributed by atoms with van der Waals surface area (Å²) in [6.45, 7) is 11.6. The molecule has 0 radical (unpaired) electrons. The number of imide groups is 1. The maximum Gasteiger partial charge on any atom is 0.294 e. The number of thioether (sulfide) groups is 1. The zero-order valence-corrected chi connectivity index (χ0v) is 22.2. The number of carbonyl (C=O) groups excluding carboxylic acids is 3. The van der Waals surface area contributed by atoms with E-state index in [-0.39, 0.29) is 12.1 Å². The Hall–Kier alpha value is -2.77. The minimum Gasteiger partial charge on any atom is -0.366 e. The molecular formula is C27H30ClN3O3S. The molecule has 2 heterocycles. The van der Waals surface area contributed by atoms with Crippen molar-refractivity contribution in [3.63, 3.8) is 0 Å². The van der Waals surface area contributed by atoms with Gasteiger partial charge in [-0.05, 0) is 111 Å². The predicted octanol–water partition coefficient (Wildman–Crippen LogP) is 6.44. The first-order valence-corrected chi connectivity index (χ1v) is 12.9. The summed E-state index contributed by atoms with van der Waals surface area (Å²) < 4.78 is 0. The Bertz CT molecular complexity index is 1220. The van der Waals surface area contributed by atoms with E-state index in [2.05, 4.69) is 50.0 Å². The van der Waals surface area contributed by atoms with Gasteiger partial charge in [0.15, 0.2) is 0 Å². The van der Waals surface area contributed by atoms with Gasteiger partial charge in [-0.15, -0.1) is 0 Å². The smallest absolute Gasteiger partial charge is 0.294 e. The van der Waals surface area contributed by atoms with Crippen molar-refractivity contribution < 1.29 is 14.4 Å². The minimum atomic E-state index is -0.451. The number of benzene rings is 2. The van der Waals surface area contributed by atoms with Crippen LogP contribution in [0.15, 0.2) is 41.3 Å². The van der Waals surface area contributed by atoms with Gasteiger partial charge < -0.3 is 10.2 Å². The van der Waals surface area contributed by atoms with Gasteiger partial charge in [-0.25, -0.2) is 0 Å². The van der Waals surface area contributed by atoms with Crippen molar-refractivity contribution in [1.29, 1.82) is 0 Å². The van der Waals surface area contributed by atoms with Gasteiger partial charge in [0.05, 0.1) is 4.91 Å². The lowest BCUT2D eigenvalue weighted by atomic mass is 9.79. The molecule has 1 fully saturated rings. The summed E-state index contributed by atoms with van der Waals surface area (Å²) in [6.07, 6.45) is 2.82. The summed E-state index contributed by atoms with van der Waals surface area (Å²) in [4.78, 5) is 41.8. The van der Waals surface area contributed by atoms with Crippen molar-refractivity contribution >= 4 is 57.9 Å². The Morgan fingerprint density at radius 2 is 1.91 bits per heavy atom. The van der Waals surface area contributed by atoms with Crippen molar-refractivity contribution in [3.8, 4) is 0 Å². The molecule has 0 spiro atoms. The average Bonchev–Trinajstić information content (AvgIpc) is 3.03. The molecule has 1 N–H and O–H groups in total. The lowest BCUT2D eigenvalue weighted by molar-refractivity contribution is -0.127. The Kier molecular flexibility index (Phi) is 7.02. The molecule has 8 heteroatoms. The third-order valence-electron chi connectivity index (χ3n) is 6.68. The van der Waals surface area contributed by atoms with E-state index >= 15 is 0 Å². The van der Waals surface area contributed by atoms with Gasteiger partial charge in [-0.2, -0.15) is 0 Å². The second-order valence-electron chi connectivity index (χ2n) is 9.75. The second kappa shape index (κ2) is 9.70. The van der Waals surface area contributed by atoms with E-state index in [1.165, 1.54) is 11.3 Å². The lowest BCUT2D eigenvalue weighted by Gasteiger charge is -2.47. The maximum absolute atomic E-state index is 13.0. The summed E-state index contributed by atoms with van der Waals surface area (Å²) in [5.74, 6) is -0.521. The summed E-state index contributed by atoms with van der Waals surface area (Å²) in [5, 5.41) is 2.79. The number of nitrogens with one attached hydrogen (secondary N) is 1. The molecule has 0 unspecified atom stereocenters. The normalized spacial score (nSPS) is 20.4. The summed E-state index contributed by atoms with van der Waals surface area (Å²) in [5.41, 5.74) is 5.07. The monoisotopic (exact) mass is 511 g/mol. The fourth-order valence-corrected chi connectivity index (χ4v) is 6.01. The van der Waals surface area contributed by atoms with Gasteiger partial charge in [0.1, 0.15) is 6.54 Å². The number of amides is 3. The Morgan fingerprint density at radius 3 is 2.57 bits per heavy atom. The van der Waals surface area contributed by atoms with Crippen LogP contribution in [0.1, 0.15) is 56.7 Å². The number of aryl methyl sites for hydroxylation is 1.